The third-order valence-electron chi connectivity index (χ3n) is 4.17. The molecule has 1 aliphatic rings. The monoisotopic (exact) mass is 294 g/mol. The molecule has 0 atom stereocenters. The van der Waals surface area contributed by atoms with E-state index in [0.29, 0.717) is 6.04 Å². The number of hydrogen-bond acceptors (Lipinski definition) is 5. The average Bonchev–Trinajstić information content (AvgIpc) is 3.05. The minimum absolute atomic E-state index is 0.200. The van der Waals surface area contributed by atoms with Gasteiger partial charge in [-0.15, -0.1) is 0 Å². The molecule has 3 N–H and O–H groups in total. The molecule has 1 fully saturated rings. The Bertz CT molecular complexity index is 730. The van der Waals surface area contributed by atoms with Gasteiger partial charge in [0.05, 0.1) is 11.8 Å². The fraction of sp³-hybridized carbons (Fsp3) is 0.375. The molecule has 0 bridgehead atoms. The van der Waals surface area contributed by atoms with E-state index in [2.05, 4.69) is 26.3 Å². The van der Waals surface area contributed by atoms with Crippen molar-refractivity contribution in [2.24, 2.45) is 5.92 Å². The number of fused-ring (bicyclic) bond motifs is 1. The Balaban J connectivity index is 1.76. The van der Waals surface area contributed by atoms with Gasteiger partial charge < -0.3 is 15.7 Å². The van der Waals surface area contributed by atoms with E-state index in [-0.39, 0.29) is 5.92 Å². The van der Waals surface area contributed by atoms with Crippen LogP contribution in [0.15, 0.2) is 24.8 Å². The van der Waals surface area contributed by atoms with E-state index in [1.54, 1.807) is 0 Å². The topological polar surface area (TPSA) is 101 Å². The van der Waals surface area contributed by atoms with Crippen molar-refractivity contribution in [3.8, 4) is 6.07 Å². The molecule has 112 valence electrons. The first-order chi connectivity index (χ1) is 10.8. The highest BCUT2D eigenvalue weighted by Crippen LogP contribution is 2.24. The zero-order valence-electron chi connectivity index (χ0n) is 12.2. The summed E-state index contributed by atoms with van der Waals surface area (Å²) in [6.45, 7) is 0. The molecule has 0 radical (unpaired) electrons. The predicted molar refractivity (Wildman–Crippen MR) is 85.1 cm³/mol. The highest BCUT2D eigenvalue weighted by Gasteiger charge is 2.20. The van der Waals surface area contributed by atoms with Gasteiger partial charge in [0.2, 0.25) is 0 Å². The van der Waals surface area contributed by atoms with Crippen molar-refractivity contribution < 1.29 is 0 Å². The molecule has 1 aliphatic carbocycles. The molecule has 2 aromatic heterocycles. The van der Waals surface area contributed by atoms with Crippen LogP contribution in [0.3, 0.4) is 0 Å². The van der Waals surface area contributed by atoms with E-state index in [9.17, 15) is 0 Å². The Kier molecular flexibility index (Phi) is 4.15. The molecule has 0 aromatic carbocycles. The lowest BCUT2D eigenvalue weighted by Crippen LogP contribution is -2.29. The van der Waals surface area contributed by atoms with Gasteiger partial charge >= 0.3 is 0 Å². The standard InChI is InChI=1S/C16H18N6/c17-7-11-1-3-13(4-2-11)20-9-12(8-18)15-14-5-6-19-16(14)22-10-21-15/h5-6,8-11,13,18,20H,1-4H2,(H,19,21,22)/b12-9+,18-8?. The van der Waals surface area contributed by atoms with E-state index in [1.807, 2.05) is 18.5 Å². The smallest absolute Gasteiger partial charge is 0.141 e. The Hall–Kier alpha value is -2.68. The molecule has 0 aliphatic heterocycles. The maximum absolute atomic E-state index is 8.93. The molecule has 0 amide bonds. The largest absolute Gasteiger partial charge is 0.388 e. The van der Waals surface area contributed by atoms with Crippen LogP contribution < -0.4 is 5.32 Å². The number of aromatic amines is 1. The number of H-pyrrole nitrogens is 1. The number of aromatic nitrogens is 3. The number of rotatable bonds is 4. The molecule has 6 nitrogen and oxygen atoms in total. The van der Waals surface area contributed by atoms with Crippen molar-refractivity contribution in [3.63, 3.8) is 0 Å². The van der Waals surface area contributed by atoms with Gasteiger partial charge in [0.25, 0.3) is 0 Å². The molecule has 1 saturated carbocycles. The predicted octanol–water partition coefficient (Wildman–Crippen LogP) is 2.62. The second-order valence-electron chi connectivity index (χ2n) is 5.55. The number of allylic oxidation sites excluding steroid dienone is 1. The summed E-state index contributed by atoms with van der Waals surface area (Å²) in [4.78, 5) is 11.5. The van der Waals surface area contributed by atoms with Crippen LogP contribution in [-0.4, -0.2) is 27.2 Å². The van der Waals surface area contributed by atoms with E-state index >= 15 is 0 Å². The lowest BCUT2D eigenvalue weighted by atomic mass is 9.87. The number of nitrogens with one attached hydrogen (secondary N) is 3. The molecular formula is C16H18N6. The van der Waals surface area contributed by atoms with Crippen molar-refractivity contribution in [2.45, 2.75) is 31.7 Å². The third-order valence-corrected chi connectivity index (χ3v) is 4.17. The molecule has 22 heavy (non-hydrogen) atoms. The highest BCUT2D eigenvalue weighted by atomic mass is 14.9. The van der Waals surface area contributed by atoms with Crippen LogP contribution in [0.4, 0.5) is 0 Å². The van der Waals surface area contributed by atoms with Gasteiger partial charge in [-0.3, -0.25) is 0 Å². The molecule has 6 heteroatoms. The van der Waals surface area contributed by atoms with Gasteiger partial charge in [0.15, 0.2) is 0 Å². The van der Waals surface area contributed by atoms with Gasteiger partial charge in [-0.1, -0.05) is 0 Å². The molecule has 0 unspecified atom stereocenters. The molecule has 3 rings (SSSR count). The Labute approximate surface area is 128 Å². The number of nitriles is 1. The van der Waals surface area contributed by atoms with Crippen molar-refractivity contribution >= 4 is 22.8 Å². The van der Waals surface area contributed by atoms with Gasteiger partial charge in [-0.25, -0.2) is 9.97 Å². The van der Waals surface area contributed by atoms with Crippen LogP contribution in [0, 0.1) is 22.7 Å². The lowest BCUT2D eigenvalue weighted by Gasteiger charge is -2.25. The zero-order valence-corrected chi connectivity index (χ0v) is 12.2. The van der Waals surface area contributed by atoms with E-state index in [1.165, 1.54) is 12.5 Å². The van der Waals surface area contributed by atoms with Gasteiger partial charge in [0, 0.05) is 41.5 Å². The van der Waals surface area contributed by atoms with Crippen molar-refractivity contribution in [2.75, 3.05) is 0 Å². The second kappa shape index (κ2) is 6.39. The second-order valence-corrected chi connectivity index (χ2v) is 5.55. The summed E-state index contributed by atoms with van der Waals surface area (Å²) in [5.74, 6) is 0.200. The molecule has 0 saturated heterocycles. The average molecular weight is 294 g/mol. The first-order valence-electron chi connectivity index (χ1n) is 7.46. The summed E-state index contributed by atoms with van der Waals surface area (Å²) >= 11 is 0. The Morgan fingerprint density at radius 3 is 2.91 bits per heavy atom. The van der Waals surface area contributed by atoms with Gasteiger partial charge in [-0.05, 0) is 31.7 Å². The van der Waals surface area contributed by atoms with Crippen LogP contribution in [0.1, 0.15) is 31.4 Å². The first kappa shape index (κ1) is 14.3. The quantitative estimate of drug-likeness (QED) is 0.754. The highest BCUT2D eigenvalue weighted by molar-refractivity contribution is 6.11. The molecular weight excluding hydrogens is 276 g/mol. The normalized spacial score (nSPS) is 22.2. The Morgan fingerprint density at radius 2 is 2.18 bits per heavy atom. The fourth-order valence-corrected chi connectivity index (χ4v) is 2.88. The maximum Gasteiger partial charge on any atom is 0.141 e. The summed E-state index contributed by atoms with van der Waals surface area (Å²) < 4.78 is 0. The fourth-order valence-electron chi connectivity index (χ4n) is 2.88. The summed E-state index contributed by atoms with van der Waals surface area (Å²) in [6.07, 6.45) is 10.4. The third kappa shape index (κ3) is 2.84. The summed E-state index contributed by atoms with van der Waals surface area (Å²) in [7, 11) is 0. The zero-order chi connectivity index (χ0) is 15.4. The summed E-state index contributed by atoms with van der Waals surface area (Å²) in [5.41, 5.74) is 2.25. The van der Waals surface area contributed by atoms with Crippen LogP contribution in [0.2, 0.25) is 0 Å². The van der Waals surface area contributed by atoms with E-state index < -0.39 is 0 Å². The number of nitrogens with zero attached hydrogens (tertiary/aromatic N) is 3. The minimum Gasteiger partial charge on any atom is -0.388 e. The maximum atomic E-state index is 8.93. The Morgan fingerprint density at radius 1 is 1.36 bits per heavy atom. The lowest BCUT2D eigenvalue weighted by molar-refractivity contribution is 0.354. The molecule has 0 spiro atoms. The number of hydrogen-bond donors (Lipinski definition) is 3. The SMILES string of the molecule is N#CC1CCC(N/C=C(\C=N)c2ncnc3[nH]ccc23)CC1. The van der Waals surface area contributed by atoms with Crippen molar-refractivity contribution in [1.82, 2.24) is 20.3 Å². The summed E-state index contributed by atoms with van der Waals surface area (Å²) in [5, 5.41) is 20.9. The van der Waals surface area contributed by atoms with Gasteiger partial charge in [0.1, 0.15) is 12.0 Å². The molecule has 2 aromatic rings. The molecule has 2 heterocycles. The van der Waals surface area contributed by atoms with Gasteiger partial charge in [-0.2, -0.15) is 5.26 Å². The van der Waals surface area contributed by atoms with Crippen LogP contribution in [0.5, 0.6) is 0 Å². The summed E-state index contributed by atoms with van der Waals surface area (Å²) in [6, 6.07) is 4.62. The van der Waals surface area contributed by atoms with Crippen LogP contribution in [-0.2, 0) is 0 Å². The van der Waals surface area contributed by atoms with E-state index in [4.69, 9.17) is 10.7 Å². The van der Waals surface area contributed by atoms with Crippen LogP contribution >= 0.6 is 0 Å². The minimum atomic E-state index is 0.200. The van der Waals surface area contributed by atoms with Crippen molar-refractivity contribution in [1.29, 1.82) is 10.7 Å². The van der Waals surface area contributed by atoms with E-state index in [0.717, 1.165) is 48.0 Å². The van der Waals surface area contributed by atoms with Crippen LogP contribution in [0.25, 0.3) is 16.6 Å². The van der Waals surface area contributed by atoms with Crippen molar-refractivity contribution in [3.05, 3.63) is 30.5 Å². The first-order valence-corrected chi connectivity index (χ1v) is 7.46.